The van der Waals surface area contributed by atoms with Crippen molar-refractivity contribution in [1.82, 2.24) is 5.32 Å². The van der Waals surface area contributed by atoms with Gasteiger partial charge in [0.2, 0.25) is 6.79 Å². The third-order valence-corrected chi connectivity index (χ3v) is 4.11. The Labute approximate surface area is 163 Å². The lowest BCUT2D eigenvalue weighted by Crippen LogP contribution is -2.12. The maximum absolute atomic E-state index is 9.10. The van der Waals surface area contributed by atoms with Crippen molar-refractivity contribution in [2.75, 3.05) is 13.9 Å². The van der Waals surface area contributed by atoms with Gasteiger partial charge in [0.1, 0.15) is 5.75 Å². The number of carbonyl (C=O) groups is 2. The lowest BCUT2D eigenvalue weighted by Gasteiger charge is -2.08. The van der Waals surface area contributed by atoms with Crippen LogP contribution in [-0.4, -0.2) is 36.1 Å². The molecule has 0 unspecified atom stereocenters. The van der Waals surface area contributed by atoms with Crippen LogP contribution in [0.2, 0.25) is 0 Å². The van der Waals surface area contributed by atoms with Crippen LogP contribution in [0.1, 0.15) is 11.1 Å². The van der Waals surface area contributed by atoms with Crippen molar-refractivity contribution < 1.29 is 34.0 Å². The van der Waals surface area contributed by atoms with Gasteiger partial charge >= 0.3 is 11.9 Å². The van der Waals surface area contributed by atoms with E-state index in [1.165, 1.54) is 11.1 Å². The summed E-state index contributed by atoms with van der Waals surface area (Å²) in [6.45, 7) is 1.88. The van der Waals surface area contributed by atoms with Crippen molar-refractivity contribution in [3.63, 3.8) is 0 Å². The van der Waals surface area contributed by atoms with Crippen LogP contribution in [0.3, 0.4) is 0 Å². The Morgan fingerprint density at radius 1 is 1.04 bits per heavy atom. The van der Waals surface area contributed by atoms with Crippen molar-refractivity contribution in [2.45, 2.75) is 13.1 Å². The maximum Gasteiger partial charge on any atom is 0.414 e. The molecule has 0 aromatic heterocycles. The summed E-state index contributed by atoms with van der Waals surface area (Å²) in [5.74, 6) is -1.17. The minimum atomic E-state index is -1.82. The quantitative estimate of drug-likeness (QED) is 0.609. The highest BCUT2D eigenvalue weighted by atomic mass is 79.9. The first kappa shape index (κ1) is 20.5. The van der Waals surface area contributed by atoms with Gasteiger partial charge in [-0.3, -0.25) is 0 Å². The monoisotopic (exact) mass is 439 g/mol. The zero-order valence-corrected chi connectivity index (χ0v) is 16.0. The number of nitrogens with one attached hydrogen (secondary N) is 1. The molecule has 0 radical (unpaired) electrons. The molecule has 1 aliphatic heterocycles. The summed E-state index contributed by atoms with van der Waals surface area (Å²) < 4.78 is 16.9. The summed E-state index contributed by atoms with van der Waals surface area (Å²) in [6.07, 6.45) is 0. The van der Waals surface area contributed by atoms with E-state index < -0.39 is 11.9 Å². The molecular formula is C18H18BrNO7. The Kier molecular flexibility index (Phi) is 7.44. The predicted octanol–water partition coefficient (Wildman–Crippen LogP) is 2.63. The van der Waals surface area contributed by atoms with Crippen molar-refractivity contribution in [3.05, 3.63) is 52.0 Å². The molecule has 0 spiro atoms. The standard InChI is InChI=1S/C16H16BrNO3.C2H2O4/c1-19-14-4-2-11(6-13(14)17)8-18-9-12-3-5-15-16(7-12)21-10-20-15;3-1(4)2(5)6/h2-7,18H,8-10H2,1H3;(H,3,4)(H,5,6). The third kappa shape index (κ3) is 6.15. The van der Waals surface area contributed by atoms with E-state index >= 15 is 0 Å². The van der Waals surface area contributed by atoms with Crippen LogP contribution in [0, 0.1) is 0 Å². The number of methoxy groups -OCH3 is 1. The van der Waals surface area contributed by atoms with E-state index in [0.29, 0.717) is 6.79 Å². The smallest absolute Gasteiger partial charge is 0.414 e. The van der Waals surface area contributed by atoms with Crippen LogP contribution in [0.5, 0.6) is 17.2 Å². The molecule has 2 aromatic rings. The molecule has 144 valence electrons. The van der Waals surface area contributed by atoms with Gasteiger partial charge in [-0.15, -0.1) is 0 Å². The lowest BCUT2D eigenvalue weighted by atomic mass is 10.2. The van der Waals surface area contributed by atoms with Crippen LogP contribution in [0.4, 0.5) is 0 Å². The second kappa shape index (κ2) is 9.79. The van der Waals surface area contributed by atoms with Gasteiger partial charge in [0.25, 0.3) is 0 Å². The summed E-state index contributed by atoms with van der Waals surface area (Å²) in [5.41, 5.74) is 2.37. The molecule has 9 heteroatoms. The highest BCUT2D eigenvalue weighted by molar-refractivity contribution is 9.10. The SMILES string of the molecule is COc1ccc(CNCc2ccc3c(c2)OCO3)cc1Br.O=C(O)C(=O)O. The Bertz CT molecular complexity index is 813. The van der Waals surface area contributed by atoms with Gasteiger partial charge in [-0.05, 0) is 51.3 Å². The van der Waals surface area contributed by atoms with Crippen molar-refractivity contribution >= 4 is 27.9 Å². The topological polar surface area (TPSA) is 114 Å². The molecule has 0 fully saturated rings. The minimum absolute atomic E-state index is 0.312. The number of hydrogen-bond donors (Lipinski definition) is 3. The first-order valence-corrected chi connectivity index (χ1v) is 8.58. The van der Waals surface area contributed by atoms with Crippen LogP contribution in [-0.2, 0) is 22.7 Å². The van der Waals surface area contributed by atoms with E-state index in [0.717, 1.165) is 34.8 Å². The second-order valence-corrected chi connectivity index (χ2v) is 6.22. The number of hydrogen-bond acceptors (Lipinski definition) is 6. The van der Waals surface area contributed by atoms with Gasteiger partial charge in [-0.1, -0.05) is 12.1 Å². The largest absolute Gasteiger partial charge is 0.496 e. The number of carboxylic acid groups (broad SMARTS) is 2. The average molecular weight is 440 g/mol. The zero-order valence-electron chi connectivity index (χ0n) is 14.4. The van der Waals surface area contributed by atoms with Gasteiger partial charge in [0.15, 0.2) is 11.5 Å². The third-order valence-electron chi connectivity index (χ3n) is 3.49. The van der Waals surface area contributed by atoms with Crippen LogP contribution in [0.15, 0.2) is 40.9 Å². The molecule has 0 aliphatic carbocycles. The Balaban J connectivity index is 0.000000380. The highest BCUT2D eigenvalue weighted by Crippen LogP contribution is 2.32. The summed E-state index contributed by atoms with van der Waals surface area (Å²) in [7, 11) is 1.66. The molecule has 2 aromatic carbocycles. The second-order valence-electron chi connectivity index (χ2n) is 5.37. The summed E-state index contributed by atoms with van der Waals surface area (Å²) in [6, 6.07) is 12.1. The molecule has 1 heterocycles. The predicted molar refractivity (Wildman–Crippen MR) is 99.1 cm³/mol. The Morgan fingerprint density at radius 2 is 1.63 bits per heavy atom. The van der Waals surface area contributed by atoms with Crippen LogP contribution >= 0.6 is 15.9 Å². The van der Waals surface area contributed by atoms with E-state index in [9.17, 15) is 0 Å². The molecule has 27 heavy (non-hydrogen) atoms. The fourth-order valence-electron chi connectivity index (χ4n) is 2.22. The first-order valence-electron chi connectivity index (χ1n) is 7.78. The van der Waals surface area contributed by atoms with Gasteiger partial charge in [-0.2, -0.15) is 0 Å². The number of benzene rings is 2. The van der Waals surface area contributed by atoms with Crippen molar-refractivity contribution in [1.29, 1.82) is 0 Å². The first-order chi connectivity index (χ1) is 12.9. The fourth-order valence-corrected chi connectivity index (χ4v) is 2.81. The van der Waals surface area contributed by atoms with Gasteiger partial charge in [-0.25, -0.2) is 9.59 Å². The average Bonchev–Trinajstić information content (AvgIpc) is 3.10. The molecule has 8 nitrogen and oxygen atoms in total. The molecule has 0 atom stereocenters. The van der Waals surface area contributed by atoms with Gasteiger partial charge < -0.3 is 29.7 Å². The summed E-state index contributed by atoms with van der Waals surface area (Å²) >= 11 is 3.49. The number of rotatable bonds is 5. The fraction of sp³-hybridized carbons (Fsp3) is 0.222. The molecule has 0 saturated heterocycles. The van der Waals surface area contributed by atoms with E-state index in [4.69, 9.17) is 34.0 Å². The molecule has 3 rings (SSSR count). The highest BCUT2D eigenvalue weighted by Gasteiger charge is 2.12. The molecule has 0 bridgehead atoms. The normalized spacial score (nSPS) is 11.3. The number of carboxylic acids is 2. The molecule has 0 amide bonds. The van der Waals surface area contributed by atoms with E-state index in [1.54, 1.807) is 7.11 Å². The van der Waals surface area contributed by atoms with E-state index in [2.05, 4.69) is 33.4 Å². The van der Waals surface area contributed by atoms with Crippen molar-refractivity contribution in [2.24, 2.45) is 0 Å². The van der Waals surface area contributed by atoms with Crippen LogP contribution < -0.4 is 19.5 Å². The Morgan fingerprint density at radius 3 is 2.22 bits per heavy atom. The summed E-state index contributed by atoms with van der Waals surface area (Å²) in [5, 5.41) is 18.2. The van der Waals surface area contributed by atoms with E-state index in [-0.39, 0.29) is 0 Å². The molecule has 3 N–H and O–H groups in total. The van der Waals surface area contributed by atoms with Crippen molar-refractivity contribution in [3.8, 4) is 17.2 Å². The number of halogens is 1. The number of aliphatic carboxylic acids is 2. The molecular weight excluding hydrogens is 422 g/mol. The van der Waals surface area contributed by atoms with E-state index in [1.807, 2.05) is 24.3 Å². The summed E-state index contributed by atoms with van der Waals surface area (Å²) in [4.78, 5) is 18.2. The maximum atomic E-state index is 9.10. The lowest BCUT2D eigenvalue weighted by molar-refractivity contribution is -0.159. The van der Waals surface area contributed by atoms with Gasteiger partial charge in [0.05, 0.1) is 11.6 Å². The molecule has 1 aliphatic rings. The number of ether oxygens (including phenoxy) is 3. The Hall–Kier alpha value is -2.78. The number of fused-ring (bicyclic) bond motifs is 1. The van der Waals surface area contributed by atoms with Gasteiger partial charge in [0, 0.05) is 13.1 Å². The molecule has 0 saturated carbocycles. The zero-order chi connectivity index (χ0) is 19.8. The van der Waals surface area contributed by atoms with Crippen LogP contribution in [0.25, 0.3) is 0 Å². The minimum Gasteiger partial charge on any atom is -0.496 e.